The molecule has 0 aromatic rings. The van der Waals surface area contributed by atoms with E-state index in [1.54, 1.807) is 19.0 Å². The predicted molar refractivity (Wildman–Crippen MR) is 46.4 cm³/mol. The van der Waals surface area contributed by atoms with Gasteiger partial charge in [-0.25, -0.2) is 0 Å². The third-order valence-electron chi connectivity index (χ3n) is 1.09. The van der Waals surface area contributed by atoms with E-state index in [0.717, 1.165) is 18.6 Å². The number of carbonyl (C=O) groups excluding carboxylic acids is 1. The number of nitrogens with zero attached hydrogens (tertiary/aromatic N) is 1. The first-order valence-corrected chi connectivity index (χ1v) is 4.51. The number of thioether (sulfide) groups is 1. The second kappa shape index (κ2) is 5.59. The van der Waals surface area contributed by atoms with Crippen molar-refractivity contribution in [2.45, 2.75) is 19.8 Å². The van der Waals surface area contributed by atoms with Crippen LogP contribution in [0.4, 0.5) is 4.79 Å². The lowest BCUT2D eigenvalue weighted by Crippen LogP contribution is -2.16. The van der Waals surface area contributed by atoms with E-state index in [1.165, 1.54) is 11.8 Å². The minimum Gasteiger partial charge on any atom is -0.340 e. The van der Waals surface area contributed by atoms with Gasteiger partial charge in [0.2, 0.25) is 0 Å². The van der Waals surface area contributed by atoms with E-state index in [2.05, 4.69) is 6.92 Å². The minimum absolute atomic E-state index is 0.161. The number of amides is 1. The molecule has 0 saturated carbocycles. The summed E-state index contributed by atoms with van der Waals surface area (Å²) in [4.78, 5) is 12.5. The summed E-state index contributed by atoms with van der Waals surface area (Å²) in [5.74, 6) is 0.952. The van der Waals surface area contributed by atoms with Crippen LogP contribution in [-0.4, -0.2) is 30.0 Å². The third kappa shape index (κ3) is 4.68. The third-order valence-corrected chi connectivity index (χ3v) is 2.19. The monoisotopic (exact) mass is 161 g/mol. The van der Waals surface area contributed by atoms with Gasteiger partial charge in [-0.05, 0) is 6.42 Å². The van der Waals surface area contributed by atoms with Crippen molar-refractivity contribution in [2.75, 3.05) is 19.8 Å². The van der Waals surface area contributed by atoms with E-state index in [1.807, 2.05) is 0 Å². The quantitative estimate of drug-likeness (QED) is 0.591. The average molecular weight is 161 g/mol. The molecule has 0 N–H and O–H groups in total. The zero-order valence-electron chi connectivity index (χ0n) is 6.89. The molecule has 0 aliphatic heterocycles. The summed E-state index contributed by atoms with van der Waals surface area (Å²) >= 11 is 1.40. The Kier molecular flexibility index (Phi) is 5.49. The summed E-state index contributed by atoms with van der Waals surface area (Å²) in [5, 5.41) is 0.161. The summed E-state index contributed by atoms with van der Waals surface area (Å²) in [6, 6.07) is 0. The van der Waals surface area contributed by atoms with Crippen LogP contribution >= 0.6 is 11.8 Å². The van der Waals surface area contributed by atoms with Crippen molar-refractivity contribution in [3.63, 3.8) is 0 Å². The SMILES string of the molecule is CCCCSC(=O)N(C)C. The van der Waals surface area contributed by atoms with Crippen molar-refractivity contribution in [1.29, 1.82) is 0 Å². The fraction of sp³-hybridized carbons (Fsp3) is 0.857. The van der Waals surface area contributed by atoms with E-state index in [-0.39, 0.29) is 5.24 Å². The molecule has 0 aromatic carbocycles. The molecule has 0 unspecified atom stereocenters. The molecular formula is C7H15NOS. The number of unbranched alkanes of at least 4 members (excludes halogenated alkanes) is 1. The summed E-state index contributed by atoms with van der Waals surface area (Å²) in [5.41, 5.74) is 0. The molecule has 0 rings (SSSR count). The van der Waals surface area contributed by atoms with Crippen LogP contribution < -0.4 is 0 Å². The molecule has 0 heterocycles. The molecule has 0 aliphatic rings. The van der Waals surface area contributed by atoms with Gasteiger partial charge < -0.3 is 4.90 Å². The van der Waals surface area contributed by atoms with Crippen LogP contribution in [0, 0.1) is 0 Å². The Morgan fingerprint density at radius 1 is 1.50 bits per heavy atom. The normalized spacial score (nSPS) is 9.50. The van der Waals surface area contributed by atoms with Crippen molar-refractivity contribution in [3.05, 3.63) is 0 Å². The fourth-order valence-electron chi connectivity index (χ4n) is 0.433. The van der Waals surface area contributed by atoms with Gasteiger partial charge in [0.15, 0.2) is 0 Å². The Hall–Kier alpha value is -0.180. The highest BCUT2D eigenvalue weighted by atomic mass is 32.2. The largest absolute Gasteiger partial charge is 0.340 e. The van der Waals surface area contributed by atoms with Crippen LogP contribution in [0.15, 0.2) is 0 Å². The first kappa shape index (κ1) is 9.82. The lowest BCUT2D eigenvalue weighted by Gasteiger charge is -2.07. The molecule has 0 atom stereocenters. The first-order chi connectivity index (χ1) is 4.68. The molecule has 0 saturated heterocycles. The number of rotatable bonds is 3. The second-order valence-electron chi connectivity index (χ2n) is 2.36. The van der Waals surface area contributed by atoms with Crippen LogP contribution in [0.5, 0.6) is 0 Å². The highest BCUT2D eigenvalue weighted by Gasteiger charge is 2.01. The molecule has 3 heteroatoms. The van der Waals surface area contributed by atoms with Crippen molar-refractivity contribution < 1.29 is 4.79 Å². The Balaban J connectivity index is 3.22. The molecule has 0 bridgehead atoms. The minimum atomic E-state index is 0.161. The van der Waals surface area contributed by atoms with Crippen LogP contribution in [0.25, 0.3) is 0 Å². The van der Waals surface area contributed by atoms with Gasteiger partial charge >= 0.3 is 0 Å². The maximum atomic E-state index is 10.9. The van der Waals surface area contributed by atoms with Gasteiger partial charge in [-0.3, -0.25) is 4.79 Å². The first-order valence-electron chi connectivity index (χ1n) is 3.52. The summed E-state index contributed by atoms with van der Waals surface area (Å²) < 4.78 is 0. The number of hydrogen-bond donors (Lipinski definition) is 0. The smallest absolute Gasteiger partial charge is 0.281 e. The van der Waals surface area contributed by atoms with E-state index < -0.39 is 0 Å². The van der Waals surface area contributed by atoms with Gasteiger partial charge in [-0.1, -0.05) is 25.1 Å². The molecule has 10 heavy (non-hydrogen) atoms. The highest BCUT2D eigenvalue weighted by Crippen LogP contribution is 2.07. The zero-order chi connectivity index (χ0) is 7.98. The molecule has 0 spiro atoms. The standard InChI is InChI=1S/C7H15NOS/c1-4-5-6-10-7(9)8(2)3/h4-6H2,1-3H3. The van der Waals surface area contributed by atoms with E-state index >= 15 is 0 Å². The maximum Gasteiger partial charge on any atom is 0.281 e. The van der Waals surface area contributed by atoms with Crippen LogP contribution in [-0.2, 0) is 0 Å². The summed E-state index contributed by atoms with van der Waals surface area (Å²) in [7, 11) is 3.56. The Morgan fingerprint density at radius 3 is 2.50 bits per heavy atom. The lowest BCUT2D eigenvalue weighted by molar-refractivity contribution is 0.241. The van der Waals surface area contributed by atoms with Gasteiger partial charge in [0, 0.05) is 19.8 Å². The van der Waals surface area contributed by atoms with Gasteiger partial charge in [-0.2, -0.15) is 0 Å². The Labute approximate surface area is 67.0 Å². The van der Waals surface area contributed by atoms with E-state index in [4.69, 9.17) is 0 Å². The highest BCUT2D eigenvalue weighted by molar-refractivity contribution is 8.13. The van der Waals surface area contributed by atoms with Gasteiger partial charge in [0.25, 0.3) is 5.24 Å². The van der Waals surface area contributed by atoms with E-state index in [9.17, 15) is 4.79 Å². The van der Waals surface area contributed by atoms with Crippen LogP contribution in [0.2, 0.25) is 0 Å². The number of hydrogen-bond acceptors (Lipinski definition) is 2. The zero-order valence-corrected chi connectivity index (χ0v) is 7.70. The van der Waals surface area contributed by atoms with Crippen molar-refractivity contribution >= 4 is 17.0 Å². The molecule has 0 aromatic heterocycles. The van der Waals surface area contributed by atoms with Crippen LogP contribution in [0.1, 0.15) is 19.8 Å². The fourth-order valence-corrected chi connectivity index (χ4v) is 1.30. The van der Waals surface area contributed by atoms with Gasteiger partial charge in [0.1, 0.15) is 0 Å². The maximum absolute atomic E-state index is 10.9. The Morgan fingerprint density at radius 2 is 2.10 bits per heavy atom. The van der Waals surface area contributed by atoms with Crippen molar-refractivity contribution in [2.24, 2.45) is 0 Å². The molecule has 2 nitrogen and oxygen atoms in total. The topological polar surface area (TPSA) is 20.3 Å². The Bertz CT molecular complexity index is 104. The lowest BCUT2D eigenvalue weighted by atomic mass is 10.4. The molecule has 1 amide bonds. The van der Waals surface area contributed by atoms with Crippen LogP contribution in [0.3, 0.4) is 0 Å². The molecule has 60 valence electrons. The molecule has 0 aliphatic carbocycles. The van der Waals surface area contributed by atoms with Gasteiger partial charge in [0.05, 0.1) is 0 Å². The second-order valence-corrected chi connectivity index (χ2v) is 3.41. The average Bonchev–Trinajstić information content (AvgIpc) is 1.88. The number of carbonyl (C=O) groups is 1. The summed E-state index contributed by atoms with van der Waals surface area (Å²) in [6.07, 6.45) is 2.29. The van der Waals surface area contributed by atoms with E-state index in [0.29, 0.717) is 0 Å². The molecule has 0 radical (unpaired) electrons. The van der Waals surface area contributed by atoms with Gasteiger partial charge in [-0.15, -0.1) is 0 Å². The predicted octanol–water partition coefficient (Wildman–Crippen LogP) is 2.20. The molecule has 0 fully saturated rings. The van der Waals surface area contributed by atoms with Crippen molar-refractivity contribution in [3.8, 4) is 0 Å². The summed E-state index contributed by atoms with van der Waals surface area (Å²) in [6.45, 7) is 2.13. The van der Waals surface area contributed by atoms with Crippen molar-refractivity contribution in [1.82, 2.24) is 4.90 Å². The molecular weight excluding hydrogens is 146 g/mol.